The minimum absolute atomic E-state index is 0.0745. The van der Waals surface area contributed by atoms with Crippen LogP contribution >= 0.6 is 0 Å². The Labute approximate surface area is 217 Å². The number of aliphatic hydroxyl groups is 3. The number of amides is 1. The largest absolute Gasteiger partial charge is 0.466 e. The summed E-state index contributed by atoms with van der Waals surface area (Å²) in [6, 6.07) is -2.17. The SMILES string of the molecule is CCN[C@@H]1C[C@H](N)[C@@H](O[C@H]2OC(CNC(=O)CN)=CCC2N)[C@H](O)[C@H]1O[C@H]1OC[C@](C)(O)[C@H](NC)[C@H]1O. The average molecular weight is 533 g/mol. The van der Waals surface area contributed by atoms with Gasteiger partial charge in [-0.25, -0.2) is 0 Å². The molecule has 0 spiro atoms. The summed E-state index contributed by atoms with van der Waals surface area (Å²) in [5.74, 6) is 0.139. The second kappa shape index (κ2) is 13.1. The van der Waals surface area contributed by atoms with Crippen molar-refractivity contribution in [2.24, 2.45) is 17.2 Å². The molecule has 214 valence electrons. The predicted molar refractivity (Wildman–Crippen MR) is 133 cm³/mol. The van der Waals surface area contributed by atoms with Crippen LogP contribution in [0.2, 0.25) is 0 Å². The zero-order valence-electron chi connectivity index (χ0n) is 21.7. The van der Waals surface area contributed by atoms with Gasteiger partial charge in [0.15, 0.2) is 6.29 Å². The molecule has 14 heteroatoms. The Kier molecular flexibility index (Phi) is 10.6. The number of hydrogen-bond acceptors (Lipinski definition) is 13. The summed E-state index contributed by atoms with van der Waals surface area (Å²) in [6.07, 6.45) is -3.62. The van der Waals surface area contributed by atoms with Crippen LogP contribution in [0.25, 0.3) is 0 Å². The highest BCUT2D eigenvalue weighted by atomic mass is 16.7. The smallest absolute Gasteiger partial charge is 0.234 e. The lowest BCUT2D eigenvalue weighted by atomic mass is 9.83. The van der Waals surface area contributed by atoms with Crippen molar-refractivity contribution >= 4 is 5.91 Å². The molecule has 1 amide bonds. The second-order valence-electron chi connectivity index (χ2n) is 10.1. The van der Waals surface area contributed by atoms with Gasteiger partial charge in [-0.05, 0) is 39.4 Å². The van der Waals surface area contributed by atoms with Crippen LogP contribution in [-0.2, 0) is 23.7 Å². The lowest BCUT2D eigenvalue weighted by Gasteiger charge is -2.49. The summed E-state index contributed by atoms with van der Waals surface area (Å²) in [4.78, 5) is 11.5. The van der Waals surface area contributed by atoms with Crippen molar-refractivity contribution in [3.8, 4) is 0 Å². The summed E-state index contributed by atoms with van der Waals surface area (Å²) >= 11 is 0. The van der Waals surface area contributed by atoms with Gasteiger partial charge in [0.2, 0.25) is 12.2 Å². The van der Waals surface area contributed by atoms with Crippen LogP contribution in [0, 0.1) is 0 Å². The maximum atomic E-state index is 11.5. The molecule has 0 aromatic rings. The van der Waals surface area contributed by atoms with Crippen LogP contribution in [0.15, 0.2) is 11.8 Å². The van der Waals surface area contributed by atoms with Gasteiger partial charge in [0.05, 0.1) is 31.8 Å². The van der Waals surface area contributed by atoms with E-state index in [1.54, 1.807) is 20.0 Å². The van der Waals surface area contributed by atoms with Crippen molar-refractivity contribution in [1.82, 2.24) is 16.0 Å². The normalized spacial score (nSPS) is 42.6. The third-order valence-corrected chi connectivity index (χ3v) is 7.09. The molecule has 2 aliphatic heterocycles. The first-order chi connectivity index (χ1) is 17.5. The highest BCUT2D eigenvalue weighted by Crippen LogP contribution is 2.31. The highest BCUT2D eigenvalue weighted by molar-refractivity contribution is 5.77. The van der Waals surface area contributed by atoms with E-state index in [0.717, 1.165) is 0 Å². The summed E-state index contributed by atoms with van der Waals surface area (Å²) in [6.45, 7) is 3.99. The molecule has 3 aliphatic rings. The number of nitrogens with two attached hydrogens (primary N) is 3. The molecule has 14 nitrogen and oxygen atoms in total. The van der Waals surface area contributed by atoms with Crippen molar-refractivity contribution in [3.63, 3.8) is 0 Å². The molecule has 1 aliphatic carbocycles. The van der Waals surface area contributed by atoms with Gasteiger partial charge in [-0.2, -0.15) is 0 Å². The Morgan fingerprint density at radius 3 is 2.54 bits per heavy atom. The van der Waals surface area contributed by atoms with E-state index in [2.05, 4.69) is 16.0 Å². The number of carbonyl (C=O) groups is 1. The van der Waals surface area contributed by atoms with Crippen molar-refractivity contribution in [2.75, 3.05) is 33.3 Å². The van der Waals surface area contributed by atoms with Gasteiger partial charge < -0.3 is 67.4 Å². The molecule has 0 bridgehead atoms. The minimum Gasteiger partial charge on any atom is -0.466 e. The Morgan fingerprint density at radius 1 is 1.19 bits per heavy atom. The third kappa shape index (κ3) is 7.16. The zero-order chi connectivity index (χ0) is 27.3. The van der Waals surface area contributed by atoms with Crippen molar-refractivity contribution in [2.45, 2.75) is 93.5 Å². The topological polar surface area (TPSA) is 229 Å². The van der Waals surface area contributed by atoms with E-state index in [4.69, 9.17) is 36.1 Å². The van der Waals surface area contributed by atoms with E-state index < -0.39 is 60.7 Å². The van der Waals surface area contributed by atoms with E-state index >= 15 is 0 Å². The van der Waals surface area contributed by atoms with Crippen LogP contribution in [0.3, 0.4) is 0 Å². The first-order valence-corrected chi connectivity index (χ1v) is 12.8. The number of likely N-dealkylation sites (N-methyl/N-ethyl adjacent to an activating group) is 2. The molecule has 37 heavy (non-hydrogen) atoms. The van der Waals surface area contributed by atoms with Crippen molar-refractivity contribution in [1.29, 1.82) is 0 Å². The number of nitrogens with one attached hydrogen (secondary N) is 3. The quantitative estimate of drug-likeness (QED) is 0.130. The Morgan fingerprint density at radius 2 is 1.89 bits per heavy atom. The molecular formula is C23H44N6O8. The molecule has 0 aromatic heterocycles. The van der Waals surface area contributed by atoms with Crippen LogP contribution in [0.1, 0.15) is 26.7 Å². The standard InChI is InChI=1S/C23H44N6O8/c1-4-28-14-7-13(26)18(36-21-12(25)6-5-11(35-21)9-29-15(30)8-24)16(31)19(14)37-22-17(32)20(27-3)23(2,33)10-34-22/h5,12-14,16-22,27-28,31-33H,4,6-10,24-26H2,1-3H3,(H,29,30)/t12?,13-,14+,16-,17+,18+,19-,20+,21+,22+,23-/m0/s1. The minimum atomic E-state index is -1.31. The molecule has 3 rings (SSSR count). The number of ether oxygens (including phenoxy) is 4. The van der Waals surface area contributed by atoms with E-state index in [1.807, 2.05) is 6.92 Å². The zero-order valence-corrected chi connectivity index (χ0v) is 21.7. The van der Waals surface area contributed by atoms with Crippen LogP contribution in [0.4, 0.5) is 0 Å². The molecule has 1 saturated carbocycles. The number of hydrogen-bond donors (Lipinski definition) is 9. The van der Waals surface area contributed by atoms with Crippen molar-refractivity contribution in [3.05, 3.63) is 11.8 Å². The summed E-state index contributed by atoms with van der Waals surface area (Å²) in [5.41, 5.74) is 16.6. The van der Waals surface area contributed by atoms with E-state index in [9.17, 15) is 20.1 Å². The number of aliphatic hydroxyl groups excluding tert-OH is 2. The number of rotatable bonds is 10. The lowest BCUT2D eigenvalue weighted by molar-refractivity contribution is -0.304. The molecule has 2 fully saturated rings. The van der Waals surface area contributed by atoms with Gasteiger partial charge in [0.25, 0.3) is 0 Å². The Bertz CT molecular complexity index is 788. The lowest BCUT2D eigenvalue weighted by Crippen LogP contribution is -2.69. The summed E-state index contributed by atoms with van der Waals surface area (Å²) in [7, 11) is 1.63. The molecule has 11 atom stereocenters. The van der Waals surface area contributed by atoms with Gasteiger partial charge >= 0.3 is 0 Å². The molecular weight excluding hydrogens is 488 g/mol. The third-order valence-electron chi connectivity index (χ3n) is 7.09. The van der Waals surface area contributed by atoms with Crippen LogP contribution < -0.4 is 33.2 Å². The maximum absolute atomic E-state index is 11.5. The number of carbonyl (C=O) groups excluding carboxylic acids is 1. The summed E-state index contributed by atoms with van der Waals surface area (Å²) < 4.78 is 23.7. The van der Waals surface area contributed by atoms with E-state index in [1.165, 1.54) is 0 Å². The first-order valence-electron chi connectivity index (χ1n) is 12.8. The van der Waals surface area contributed by atoms with Gasteiger partial charge in [-0.15, -0.1) is 0 Å². The fourth-order valence-corrected chi connectivity index (χ4v) is 5.10. The van der Waals surface area contributed by atoms with E-state index in [0.29, 0.717) is 25.1 Å². The molecule has 0 radical (unpaired) electrons. The molecule has 0 aromatic carbocycles. The second-order valence-corrected chi connectivity index (χ2v) is 10.1. The fraction of sp³-hybridized carbons (Fsp3) is 0.870. The van der Waals surface area contributed by atoms with Crippen LogP contribution in [-0.4, -0.2) is 121 Å². The first kappa shape index (κ1) is 30.1. The van der Waals surface area contributed by atoms with E-state index in [-0.39, 0.29) is 31.6 Å². The molecule has 1 saturated heterocycles. The van der Waals surface area contributed by atoms with Crippen molar-refractivity contribution < 1.29 is 39.1 Å². The predicted octanol–water partition coefficient (Wildman–Crippen LogP) is -4.08. The van der Waals surface area contributed by atoms with Gasteiger partial charge in [0.1, 0.15) is 35.8 Å². The maximum Gasteiger partial charge on any atom is 0.234 e. The monoisotopic (exact) mass is 532 g/mol. The Balaban J connectivity index is 1.71. The van der Waals surface area contributed by atoms with Crippen LogP contribution in [0.5, 0.6) is 0 Å². The fourth-order valence-electron chi connectivity index (χ4n) is 5.10. The van der Waals surface area contributed by atoms with Gasteiger partial charge in [0, 0.05) is 12.1 Å². The highest BCUT2D eigenvalue weighted by Gasteiger charge is 2.51. The van der Waals surface area contributed by atoms with Gasteiger partial charge in [-0.3, -0.25) is 4.79 Å². The Hall–Kier alpha value is -1.43. The molecule has 1 unspecified atom stereocenters. The van der Waals surface area contributed by atoms with Gasteiger partial charge in [-0.1, -0.05) is 6.92 Å². The molecule has 12 N–H and O–H groups in total. The summed E-state index contributed by atoms with van der Waals surface area (Å²) in [5, 5.41) is 41.6. The molecule has 2 heterocycles. The average Bonchev–Trinajstić information content (AvgIpc) is 2.85.